The van der Waals surface area contributed by atoms with Gasteiger partial charge in [-0.3, -0.25) is 9.59 Å². The van der Waals surface area contributed by atoms with Gasteiger partial charge in [0.1, 0.15) is 11.6 Å². The van der Waals surface area contributed by atoms with E-state index in [2.05, 4.69) is 5.32 Å². The Hall–Kier alpha value is -2.02. The van der Waals surface area contributed by atoms with Gasteiger partial charge in [0.25, 0.3) is 0 Å². The van der Waals surface area contributed by atoms with Crippen molar-refractivity contribution in [2.45, 2.75) is 25.4 Å². The Morgan fingerprint density at radius 2 is 2.00 bits per heavy atom. The lowest BCUT2D eigenvalue weighted by molar-refractivity contribution is -0.126. The molecule has 0 aliphatic carbocycles. The third-order valence-corrected chi connectivity index (χ3v) is 2.54. The van der Waals surface area contributed by atoms with Crippen molar-refractivity contribution in [2.75, 3.05) is 0 Å². The first-order chi connectivity index (χ1) is 8.81. The second-order valence-electron chi connectivity index (χ2n) is 4.17. The summed E-state index contributed by atoms with van der Waals surface area (Å²) in [5.41, 5.74) is 10.3. The Morgan fingerprint density at radius 3 is 2.58 bits per heavy atom. The minimum absolute atomic E-state index is 0.000347. The minimum Gasteiger partial charge on any atom is -0.370 e. The highest BCUT2D eigenvalue weighted by Crippen LogP contribution is 2.18. The van der Waals surface area contributed by atoms with Crippen LogP contribution >= 0.6 is 0 Å². The lowest BCUT2D eigenvalue weighted by Gasteiger charge is -2.17. The van der Waals surface area contributed by atoms with Crippen LogP contribution in [-0.4, -0.2) is 17.9 Å². The second kappa shape index (κ2) is 6.24. The van der Waals surface area contributed by atoms with Gasteiger partial charge < -0.3 is 16.8 Å². The molecule has 5 nitrogen and oxygen atoms in total. The molecule has 19 heavy (non-hydrogen) atoms. The van der Waals surface area contributed by atoms with Crippen LogP contribution in [0.25, 0.3) is 0 Å². The van der Waals surface area contributed by atoms with Gasteiger partial charge in [0, 0.05) is 5.56 Å². The fourth-order valence-electron chi connectivity index (χ4n) is 1.55. The highest BCUT2D eigenvalue weighted by atomic mass is 19.1. The topological polar surface area (TPSA) is 98.2 Å². The van der Waals surface area contributed by atoms with Gasteiger partial charge in [0.05, 0.1) is 18.5 Å². The number of hydrogen-bond donors (Lipinski definition) is 3. The molecule has 104 valence electrons. The van der Waals surface area contributed by atoms with E-state index < -0.39 is 35.5 Å². The molecule has 0 saturated heterocycles. The van der Waals surface area contributed by atoms with E-state index in [1.807, 2.05) is 0 Å². The van der Waals surface area contributed by atoms with E-state index in [-0.39, 0.29) is 12.0 Å². The van der Waals surface area contributed by atoms with E-state index in [0.29, 0.717) is 0 Å². The highest BCUT2D eigenvalue weighted by molar-refractivity contribution is 5.87. The number of carbonyl (C=O) groups is 2. The van der Waals surface area contributed by atoms with Crippen LogP contribution in [0.5, 0.6) is 0 Å². The van der Waals surface area contributed by atoms with Crippen molar-refractivity contribution in [3.8, 4) is 0 Å². The van der Waals surface area contributed by atoms with Crippen LogP contribution in [0, 0.1) is 11.6 Å². The predicted octanol–water partition coefficient (Wildman–Crippen LogP) is 0.345. The van der Waals surface area contributed by atoms with Crippen LogP contribution in [0.3, 0.4) is 0 Å². The molecule has 2 atom stereocenters. The molecule has 0 saturated carbocycles. The quantitative estimate of drug-likeness (QED) is 0.720. The third-order valence-electron chi connectivity index (χ3n) is 2.54. The Labute approximate surface area is 109 Å². The van der Waals surface area contributed by atoms with Gasteiger partial charge in [0.2, 0.25) is 11.8 Å². The van der Waals surface area contributed by atoms with Crippen LogP contribution in [0.2, 0.25) is 0 Å². The molecule has 2 unspecified atom stereocenters. The smallest absolute Gasteiger partial charge is 0.237 e. The number of benzene rings is 1. The Bertz CT molecular complexity index is 494. The standard InChI is InChI=1S/C12H15F2N3O2/c1-6(8-4-7(13)2-3-9(8)14)17-12(19)10(15)5-11(16)18/h2-4,6,10H,5,15H2,1H3,(H2,16,18)(H,17,19). The first kappa shape index (κ1) is 15.0. The Morgan fingerprint density at radius 1 is 1.37 bits per heavy atom. The summed E-state index contributed by atoms with van der Waals surface area (Å²) in [5, 5.41) is 2.39. The van der Waals surface area contributed by atoms with Crippen molar-refractivity contribution in [1.82, 2.24) is 5.32 Å². The predicted molar refractivity (Wildman–Crippen MR) is 64.7 cm³/mol. The highest BCUT2D eigenvalue weighted by Gasteiger charge is 2.20. The van der Waals surface area contributed by atoms with Crippen LogP contribution in [0.1, 0.15) is 24.9 Å². The molecule has 1 rings (SSSR count). The SMILES string of the molecule is CC(NC(=O)C(N)CC(N)=O)c1cc(F)ccc1F. The number of nitrogens with one attached hydrogen (secondary N) is 1. The molecule has 0 radical (unpaired) electrons. The molecule has 0 bridgehead atoms. The number of amides is 2. The molecule has 1 aromatic rings. The van der Waals surface area contributed by atoms with E-state index in [1.165, 1.54) is 6.92 Å². The number of rotatable bonds is 5. The molecule has 1 aromatic carbocycles. The van der Waals surface area contributed by atoms with Gasteiger partial charge in [-0.25, -0.2) is 8.78 Å². The molecule has 7 heteroatoms. The van der Waals surface area contributed by atoms with E-state index >= 15 is 0 Å². The Balaban J connectivity index is 2.73. The van der Waals surface area contributed by atoms with Gasteiger partial charge in [0.15, 0.2) is 0 Å². The summed E-state index contributed by atoms with van der Waals surface area (Å²) in [5.74, 6) is -2.63. The van der Waals surface area contributed by atoms with Crippen LogP contribution in [0.4, 0.5) is 8.78 Å². The summed E-state index contributed by atoms with van der Waals surface area (Å²) in [6.07, 6.45) is -0.315. The lowest BCUT2D eigenvalue weighted by Crippen LogP contribution is -2.43. The van der Waals surface area contributed by atoms with Gasteiger partial charge in [-0.1, -0.05) is 0 Å². The molecule has 0 aliphatic heterocycles. The van der Waals surface area contributed by atoms with Crippen molar-refractivity contribution >= 4 is 11.8 Å². The van der Waals surface area contributed by atoms with Crippen LogP contribution in [0.15, 0.2) is 18.2 Å². The number of carbonyl (C=O) groups excluding carboxylic acids is 2. The molecule has 0 heterocycles. The molecular weight excluding hydrogens is 256 g/mol. The van der Waals surface area contributed by atoms with E-state index in [4.69, 9.17) is 11.5 Å². The number of primary amides is 1. The zero-order valence-electron chi connectivity index (χ0n) is 10.3. The molecule has 0 spiro atoms. The van der Waals surface area contributed by atoms with Gasteiger partial charge in [-0.15, -0.1) is 0 Å². The molecule has 0 aliphatic rings. The minimum atomic E-state index is -1.11. The van der Waals surface area contributed by atoms with Crippen LogP contribution in [-0.2, 0) is 9.59 Å². The number of halogens is 2. The van der Waals surface area contributed by atoms with Gasteiger partial charge in [-0.2, -0.15) is 0 Å². The fraction of sp³-hybridized carbons (Fsp3) is 0.333. The van der Waals surface area contributed by atoms with Crippen molar-refractivity contribution in [2.24, 2.45) is 11.5 Å². The molecule has 0 fully saturated rings. The first-order valence-electron chi connectivity index (χ1n) is 5.60. The van der Waals surface area contributed by atoms with Gasteiger partial charge >= 0.3 is 0 Å². The van der Waals surface area contributed by atoms with Gasteiger partial charge in [-0.05, 0) is 25.1 Å². The molecule has 5 N–H and O–H groups in total. The molecular formula is C12H15F2N3O2. The first-order valence-corrected chi connectivity index (χ1v) is 5.60. The average molecular weight is 271 g/mol. The van der Waals surface area contributed by atoms with E-state index in [1.54, 1.807) is 0 Å². The van der Waals surface area contributed by atoms with Crippen molar-refractivity contribution in [3.05, 3.63) is 35.4 Å². The maximum absolute atomic E-state index is 13.5. The Kier molecular flexibility index (Phi) is 4.94. The zero-order valence-corrected chi connectivity index (χ0v) is 10.3. The number of nitrogens with two attached hydrogens (primary N) is 2. The lowest BCUT2D eigenvalue weighted by atomic mass is 10.1. The van der Waals surface area contributed by atoms with E-state index in [9.17, 15) is 18.4 Å². The summed E-state index contributed by atoms with van der Waals surface area (Å²) < 4.78 is 26.5. The largest absolute Gasteiger partial charge is 0.370 e. The maximum atomic E-state index is 13.5. The zero-order chi connectivity index (χ0) is 14.6. The monoisotopic (exact) mass is 271 g/mol. The average Bonchev–Trinajstić information content (AvgIpc) is 2.31. The fourth-order valence-corrected chi connectivity index (χ4v) is 1.55. The summed E-state index contributed by atoms with van der Waals surface area (Å²) in [6, 6.07) is 1.04. The number of hydrogen-bond acceptors (Lipinski definition) is 3. The second-order valence-corrected chi connectivity index (χ2v) is 4.17. The van der Waals surface area contributed by atoms with Crippen molar-refractivity contribution in [3.63, 3.8) is 0 Å². The maximum Gasteiger partial charge on any atom is 0.237 e. The van der Waals surface area contributed by atoms with Crippen molar-refractivity contribution in [1.29, 1.82) is 0 Å². The summed E-state index contributed by atoms with van der Waals surface area (Å²) in [4.78, 5) is 22.2. The summed E-state index contributed by atoms with van der Waals surface area (Å²) in [6.45, 7) is 1.48. The van der Waals surface area contributed by atoms with Crippen molar-refractivity contribution < 1.29 is 18.4 Å². The third kappa shape index (κ3) is 4.29. The van der Waals surface area contributed by atoms with E-state index in [0.717, 1.165) is 18.2 Å². The normalized spacial score (nSPS) is 13.7. The molecule has 0 aromatic heterocycles. The van der Waals surface area contributed by atoms with Crippen LogP contribution < -0.4 is 16.8 Å². The summed E-state index contributed by atoms with van der Waals surface area (Å²) >= 11 is 0. The molecule has 2 amide bonds. The summed E-state index contributed by atoms with van der Waals surface area (Å²) in [7, 11) is 0.